The number of aromatic carboxylic acids is 1. The lowest BCUT2D eigenvalue weighted by Gasteiger charge is -2.32. The smallest absolute Gasteiger partial charge is 0.335 e. The van der Waals surface area contributed by atoms with Gasteiger partial charge < -0.3 is 15.3 Å². The number of carbonyl (C=O) groups is 3. The summed E-state index contributed by atoms with van der Waals surface area (Å²) in [6.45, 7) is 3.09. The van der Waals surface area contributed by atoms with Crippen LogP contribution >= 0.6 is 11.3 Å². The van der Waals surface area contributed by atoms with E-state index < -0.39 is 5.97 Å². The summed E-state index contributed by atoms with van der Waals surface area (Å²) in [5, 5.41) is 12.0. The Morgan fingerprint density at radius 1 is 1.04 bits per heavy atom. The van der Waals surface area contributed by atoms with Crippen LogP contribution < -0.4 is 5.32 Å². The number of likely N-dealkylation sites (tertiary alicyclic amines) is 1. The first-order valence-electron chi connectivity index (χ1n) is 8.44. The average Bonchev–Trinajstić information content (AvgIpc) is 3.08. The number of carbonyl (C=O) groups excluding carboxylic acids is 2. The lowest BCUT2D eigenvalue weighted by molar-refractivity contribution is 0.0682. The number of carboxylic acid groups (broad SMARTS) is 1. The second kappa shape index (κ2) is 7.70. The van der Waals surface area contributed by atoms with Gasteiger partial charge in [-0.2, -0.15) is 0 Å². The Morgan fingerprint density at radius 3 is 2.19 bits per heavy atom. The molecular formula is C19H20N2O4S. The first-order chi connectivity index (χ1) is 12.4. The number of thiophene rings is 1. The Bertz CT molecular complexity index is 820. The highest BCUT2D eigenvalue weighted by atomic mass is 32.1. The zero-order valence-corrected chi connectivity index (χ0v) is 15.2. The van der Waals surface area contributed by atoms with Crippen LogP contribution in [-0.4, -0.2) is 46.9 Å². The molecule has 2 heterocycles. The fourth-order valence-corrected chi connectivity index (χ4v) is 3.75. The van der Waals surface area contributed by atoms with Gasteiger partial charge in [0, 0.05) is 29.6 Å². The molecule has 136 valence electrons. The van der Waals surface area contributed by atoms with Crippen molar-refractivity contribution < 1.29 is 19.5 Å². The van der Waals surface area contributed by atoms with E-state index in [1.54, 1.807) is 17.0 Å². The number of piperidine rings is 1. The van der Waals surface area contributed by atoms with Gasteiger partial charge in [0.1, 0.15) is 0 Å². The maximum Gasteiger partial charge on any atom is 0.335 e. The number of carboxylic acids is 1. The zero-order valence-electron chi connectivity index (χ0n) is 14.4. The van der Waals surface area contributed by atoms with Crippen molar-refractivity contribution in [3.8, 4) is 0 Å². The SMILES string of the molecule is Cc1ccc(C(=O)NC2CCN(C(=O)c3ccc(C(=O)O)cc3)CC2)s1. The number of hydrogen-bond donors (Lipinski definition) is 2. The van der Waals surface area contributed by atoms with Crippen molar-refractivity contribution in [3.05, 3.63) is 57.3 Å². The minimum absolute atomic E-state index is 0.0582. The van der Waals surface area contributed by atoms with Crippen LogP contribution in [0.25, 0.3) is 0 Å². The summed E-state index contributed by atoms with van der Waals surface area (Å²) in [4.78, 5) is 39.2. The van der Waals surface area contributed by atoms with E-state index in [1.165, 1.54) is 23.5 Å². The lowest BCUT2D eigenvalue weighted by Crippen LogP contribution is -2.46. The molecule has 0 saturated carbocycles. The van der Waals surface area contributed by atoms with Gasteiger partial charge in [0.05, 0.1) is 10.4 Å². The normalized spacial score (nSPS) is 14.9. The van der Waals surface area contributed by atoms with Crippen molar-refractivity contribution >= 4 is 29.1 Å². The molecule has 7 heteroatoms. The molecule has 1 aromatic heterocycles. The van der Waals surface area contributed by atoms with Gasteiger partial charge in [-0.3, -0.25) is 9.59 Å². The van der Waals surface area contributed by atoms with Crippen molar-refractivity contribution in [2.24, 2.45) is 0 Å². The number of aryl methyl sites for hydroxylation is 1. The van der Waals surface area contributed by atoms with E-state index in [1.807, 2.05) is 19.1 Å². The highest BCUT2D eigenvalue weighted by Gasteiger charge is 2.25. The molecule has 3 rings (SSSR count). The third-order valence-electron chi connectivity index (χ3n) is 4.46. The zero-order chi connectivity index (χ0) is 18.7. The summed E-state index contributed by atoms with van der Waals surface area (Å²) in [5.74, 6) is -1.18. The molecule has 0 unspecified atom stereocenters. The van der Waals surface area contributed by atoms with Crippen molar-refractivity contribution in [1.29, 1.82) is 0 Å². The quantitative estimate of drug-likeness (QED) is 0.864. The molecule has 1 aliphatic rings. The van der Waals surface area contributed by atoms with Crippen LogP contribution in [-0.2, 0) is 0 Å². The summed E-state index contributed by atoms with van der Waals surface area (Å²) in [5.41, 5.74) is 0.637. The third kappa shape index (κ3) is 4.11. The second-order valence-electron chi connectivity index (χ2n) is 6.33. The predicted octanol–water partition coefficient (Wildman–Crippen LogP) is 2.79. The highest BCUT2D eigenvalue weighted by Crippen LogP contribution is 2.18. The van der Waals surface area contributed by atoms with E-state index in [9.17, 15) is 14.4 Å². The van der Waals surface area contributed by atoms with E-state index in [4.69, 9.17) is 5.11 Å². The Morgan fingerprint density at radius 2 is 1.65 bits per heavy atom. The Balaban J connectivity index is 1.53. The molecule has 2 amide bonds. The molecule has 1 saturated heterocycles. The minimum Gasteiger partial charge on any atom is -0.478 e. The molecule has 1 aromatic carbocycles. The molecular weight excluding hydrogens is 352 g/mol. The van der Waals surface area contributed by atoms with Gasteiger partial charge in [0.2, 0.25) is 0 Å². The van der Waals surface area contributed by atoms with Gasteiger partial charge in [-0.05, 0) is 56.2 Å². The summed E-state index contributed by atoms with van der Waals surface area (Å²) in [7, 11) is 0. The monoisotopic (exact) mass is 372 g/mol. The van der Waals surface area contributed by atoms with E-state index in [0.717, 1.165) is 4.88 Å². The minimum atomic E-state index is -1.01. The van der Waals surface area contributed by atoms with Crippen LogP contribution in [0.4, 0.5) is 0 Å². The molecule has 2 aromatic rings. The van der Waals surface area contributed by atoms with Crippen molar-refractivity contribution in [3.63, 3.8) is 0 Å². The van der Waals surface area contributed by atoms with Crippen LogP contribution in [0.1, 0.15) is 48.1 Å². The summed E-state index contributed by atoms with van der Waals surface area (Å²) >= 11 is 1.47. The fourth-order valence-electron chi connectivity index (χ4n) is 2.98. The maximum atomic E-state index is 12.5. The van der Waals surface area contributed by atoms with E-state index in [-0.39, 0.29) is 23.4 Å². The number of benzene rings is 1. The standard InChI is InChI=1S/C19H20N2O4S/c1-12-2-7-16(26-12)17(22)20-15-8-10-21(11-9-15)18(23)13-3-5-14(6-4-13)19(24)25/h2-7,15H,8-11H2,1H3,(H,20,22)(H,24,25). The summed E-state index contributed by atoms with van der Waals surface area (Å²) < 4.78 is 0. The molecule has 2 N–H and O–H groups in total. The van der Waals surface area contributed by atoms with E-state index in [0.29, 0.717) is 36.4 Å². The predicted molar refractivity (Wildman–Crippen MR) is 98.8 cm³/mol. The van der Waals surface area contributed by atoms with Crippen molar-refractivity contribution in [1.82, 2.24) is 10.2 Å². The molecule has 1 fully saturated rings. The lowest BCUT2D eigenvalue weighted by atomic mass is 10.0. The van der Waals surface area contributed by atoms with Gasteiger partial charge in [0.25, 0.3) is 11.8 Å². The van der Waals surface area contributed by atoms with Crippen LogP contribution in [0.3, 0.4) is 0 Å². The van der Waals surface area contributed by atoms with Crippen LogP contribution in [0.15, 0.2) is 36.4 Å². The first kappa shape index (κ1) is 18.1. The number of rotatable bonds is 4. The Kier molecular flexibility index (Phi) is 5.37. The number of amides is 2. The molecule has 0 atom stereocenters. The first-order valence-corrected chi connectivity index (χ1v) is 9.25. The van der Waals surface area contributed by atoms with Gasteiger partial charge >= 0.3 is 5.97 Å². The molecule has 0 spiro atoms. The largest absolute Gasteiger partial charge is 0.478 e. The van der Waals surface area contributed by atoms with Gasteiger partial charge in [-0.15, -0.1) is 11.3 Å². The topological polar surface area (TPSA) is 86.7 Å². The highest BCUT2D eigenvalue weighted by molar-refractivity contribution is 7.13. The van der Waals surface area contributed by atoms with Crippen LogP contribution in [0.2, 0.25) is 0 Å². The molecule has 1 aliphatic heterocycles. The molecule has 0 radical (unpaired) electrons. The van der Waals surface area contributed by atoms with Gasteiger partial charge in [-0.1, -0.05) is 0 Å². The van der Waals surface area contributed by atoms with Crippen LogP contribution in [0.5, 0.6) is 0 Å². The van der Waals surface area contributed by atoms with Crippen molar-refractivity contribution in [2.75, 3.05) is 13.1 Å². The molecule has 0 bridgehead atoms. The number of nitrogens with one attached hydrogen (secondary N) is 1. The summed E-state index contributed by atoms with van der Waals surface area (Å²) in [6, 6.07) is 9.77. The Labute approximate surface area is 155 Å². The molecule has 6 nitrogen and oxygen atoms in total. The molecule has 26 heavy (non-hydrogen) atoms. The van der Waals surface area contributed by atoms with Gasteiger partial charge in [0.15, 0.2) is 0 Å². The third-order valence-corrected chi connectivity index (χ3v) is 5.46. The number of hydrogen-bond acceptors (Lipinski definition) is 4. The van der Waals surface area contributed by atoms with Gasteiger partial charge in [-0.25, -0.2) is 4.79 Å². The summed E-state index contributed by atoms with van der Waals surface area (Å²) in [6.07, 6.45) is 1.41. The maximum absolute atomic E-state index is 12.5. The van der Waals surface area contributed by atoms with E-state index >= 15 is 0 Å². The van der Waals surface area contributed by atoms with Crippen LogP contribution in [0, 0.1) is 6.92 Å². The van der Waals surface area contributed by atoms with E-state index in [2.05, 4.69) is 5.32 Å². The number of nitrogens with zero attached hydrogens (tertiary/aromatic N) is 1. The van der Waals surface area contributed by atoms with Crippen molar-refractivity contribution in [2.45, 2.75) is 25.8 Å². The molecule has 0 aliphatic carbocycles. The average molecular weight is 372 g/mol. The second-order valence-corrected chi connectivity index (χ2v) is 7.62. The Hall–Kier alpha value is -2.67. The fraction of sp³-hybridized carbons (Fsp3) is 0.316.